The van der Waals surface area contributed by atoms with E-state index in [0.29, 0.717) is 25.9 Å². The molecule has 0 saturated carbocycles. The molecule has 1 aromatic carbocycles. The largest absolute Gasteiger partial charge is 0.492 e. The highest BCUT2D eigenvalue weighted by atomic mass is 16.5. The summed E-state index contributed by atoms with van der Waals surface area (Å²) in [6.07, 6.45) is 1.81. The molecule has 1 N–H and O–H groups in total. The number of aryl methyl sites for hydroxylation is 1. The minimum atomic E-state index is -0.830. The van der Waals surface area contributed by atoms with Crippen LogP contribution >= 0.6 is 0 Å². The van der Waals surface area contributed by atoms with Crippen LogP contribution in [0.4, 0.5) is 0 Å². The van der Waals surface area contributed by atoms with Crippen molar-refractivity contribution in [1.29, 1.82) is 0 Å². The van der Waals surface area contributed by atoms with Crippen LogP contribution in [0, 0.1) is 5.41 Å². The lowest BCUT2D eigenvalue weighted by molar-refractivity contribution is -0.120. The van der Waals surface area contributed by atoms with Crippen LogP contribution in [-0.4, -0.2) is 17.9 Å². The van der Waals surface area contributed by atoms with E-state index < -0.39 is 7.12 Å². The molecule has 1 aliphatic rings. The Hall–Kier alpha value is -1.13. The highest BCUT2D eigenvalue weighted by Gasteiger charge is 2.29. The fourth-order valence-electron chi connectivity index (χ4n) is 2.53. The van der Waals surface area contributed by atoms with Gasteiger partial charge >= 0.3 is 7.12 Å². The van der Waals surface area contributed by atoms with Crippen LogP contribution < -0.4 is 5.46 Å². The number of carbonyl (C=O) groups excluding carboxylic acids is 1. The Labute approximate surface area is 115 Å². The lowest BCUT2D eigenvalue weighted by Crippen LogP contribution is -2.31. The summed E-state index contributed by atoms with van der Waals surface area (Å²) in [6.45, 7) is 6.68. The van der Waals surface area contributed by atoms with Gasteiger partial charge in [-0.25, -0.2) is 0 Å². The number of benzene rings is 1. The molecule has 0 bridgehead atoms. The SMILES string of the molecule is CC(C)(C)CC(=O)CCc1cccc2c1B(O)OC2. The molecule has 2 rings (SSSR count). The first-order chi connectivity index (χ1) is 8.87. The zero-order valence-corrected chi connectivity index (χ0v) is 11.9. The summed E-state index contributed by atoms with van der Waals surface area (Å²) in [6, 6.07) is 5.90. The van der Waals surface area contributed by atoms with E-state index in [1.807, 2.05) is 18.2 Å². The van der Waals surface area contributed by atoms with E-state index in [-0.39, 0.29) is 11.2 Å². The normalized spacial score (nSPS) is 14.6. The molecule has 0 atom stereocenters. The number of hydrogen-bond donors (Lipinski definition) is 1. The molecule has 0 aromatic heterocycles. The summed E-state index contributed by atoms with van der Waals surface area (Å²) >= 11 is 0. The molecule has 19 heavy (non-hydrogen) atoms. The minimum Gasteiger partial charge on any atom is -0.423 e. The van der Waals surface area contributed by atoms with Gasteiger partial charge in [-0.05, 0) is 28.4 Å². The highest BCUT2D eigenvalue weighted by Crippen LogP contribution is 2.20. The van der Waals surface area contributed by atoms with E-state index in [1.54, 1.807) is 0 Å². The second kappa shape index (κ2) is 5.47. The lowest BCUT2D eigenvalue weighted by atomic mass is 9.75. The molecule has 0 radical (unpaired) electrons. The van der Waals surface area contributed by atoms with E-state index in [2.05, 4.69) is 20.8 Å². The Morgan fingerprint density at radius 2 is 2.16 bits per heavy atom. The Balaban J connectivity index is 2.01. The maximum atomic E-state index is 11.9. The zero-order valence-electron chi connectivity index (χ0n) is 11.9. The average molecular weight is 260 g/mol. The summed E-state index contributed by atoms with van der Waals surface area (Å²) in [5.41, 5.74) is 2.97. The van der Waals surface area contributed by atoms with Crippen LogP contribution in [-0.2, 0) is 22.5 Å². The fourth-order valence-corrected chi connectivity index (χ4v) is 2.53. The van der Waals surface area contributed by atoms with Crippen molar-refractivity contribution < 1.29 is 14.5 Å². The smallest absolute Gasteiger partial charge is 0.423 e. The van der Waals surface area contributed by atoms with Crippen molar-refractivity contribution in [2.24, 2.45) is 5.41 Å². The molecular weight excluding hydrogens is 239 g/mol. The van der Waals surface area contributed by atoms with Gasteiger partial charge in [-0.3, -0.25) is 4.79 Å². The molecule has 3 nitrogen and oxygen atoms in total. The van der Waals surface area contributed by atoms with Crippen LogP contribution in [0.5, 0.6) is 0 Å². The predicted molar refractivity (Wildman–Crippen MR) is 76.2 cm³/mol. The van der Waals surface area contributed by atoms with E-state index in [9.17, 15) is 9.82 Å². The molecule has 1 aromatic rings. The van der Waals surface area contributed by atoms with Crippen LogP contribution in [0.2, 0.25) is 0 Å². The van der Waals surface area contributed by atoms with Crippen molar-refractivity contribution in [3.63, 3.8) is 0 Å². The number of rotatable bonds is 4. The quantitative estimate of drug-likeness (QED) is 0.840. The number of Topliss-reactive ketones (excluding diaryl/α,β-unsaturated/α-hetero) is 1. The third-order valence-corrected chi connectivity index (χ3v) is 3.33. The molecule has 1 aliphatic heterocycles. The summed E-state index contributed by atoms with van der Waals surface area (Å²) in [4.78, 5) is 11.9. The van der Waals surface area contributed by atoms with Gasteiger partial charge in [0.2, 0.25) is 0 Å². The van der Waals surface area contributed by atoms with Gasteiger partial charge in [-0.15, -0.1) is 0 Å². The van der Waals surface area contributed by atoms with Gasteiger partial charge in [0.15, 0.2) is 0 Å². The molecule has 0 amide bonds. The molecule has 1 heterocycles. The molecule has 102 valence electrons. The topological polar surface area (TPSA) is 46.5 Å². The summed E-state index contributed by atoms with van der Waals surface area (Å²) in [5.74, 6) is 0.276. The van der Waals surface area contributed by atoms with Gasteiger partial charge in [0.1, 0.15) is 5.78 Å². The summed E-state index contributed by atoms with van der Waals surface area (Å²) in [7, 11) is -0.830. The van der Waals surface area contributed by atoms with Gasteiger partial charge < -0.3 is 9.68 Å². The number of fused-ring (bicyclic) bond motifs is 1. The molecular formula is C15H21BO3. The molecule has 4 heteroatoms. The van der Waals surface area contributed by atoms with Crippen molar-refractivity contribution in [3.8, 4) is 0 Å². The van der Waals surface area contributed by atoms with E-state index >= 15 is 0 Å². The number of ketones is 1. The zero-order chi connectivity index (χ0) is 14.0. The van der Waals surface area contributed by atoms with Crippen LogP contribution in [0.1, 0.15) is 44.7 Å². The molecule has 0 aliphatic carbocycles. The molecule has 0 saturated heterocycles. The monoisotopic (exact) mass is 260 g/mol. The van der Waals surface area contributed by atoms with Gasteiger partial charge in [-0.1, -0.05) is 39.0 Å². The fraction of sp³-hybridized carbons (Fsp3) is 0.533. The average Bonchev–Trinajstić information content (AvgIpc) is 2.67. The number of carbonyl (C=O) groups is 1. The predicted octanol–water partition coefficient (Wildman–Crippen LogP) is 1.84. The van der Waals surface area contributed by atoms with Crippen LogP contribution in [0.25, 0.3) is 0 Å². The minimum absolute atomic E-state index is 0.0400. The maximum Gasteiger partial charge on any atom is 0.492 e. The summed E-state index contributed by atoms with van der Waals surface area (Å²) < 4.78 is 5.22. The lowest BCUT2D eigenvalue weighted by Gasteiger charge is -2.17. The van der Waals surface area contributed by atoms with Crippen LogP contribution in [0.3, 0.4) is 0 Å². The second-order valence-electron chi connectivity index (χ2n) is 6.43. The third-order valence-electron chi connectivity index (χ3n) is 3.33. The van der Waals surface area contributed by atoms with Crippen molar-refractivity contribution in [2.45, 2.75) is 46.6 Å². The van der Waals surface area contributed by atoms with E-state index in [1.165, 1.54) is 0 Å². The van der Waals surface area contributed by atoms with Crippen molar-refractivity contribution >= 4 is 18.4 Å². The molecule has 0 spiro atoms. The van der Waals surface area contributed by atoms with Gasteiger partial charge in [-0.2, -0.15) is 0 Å². The van der Waals surface area contributed by atoms with Crippen LogP contribution in [0.15, 0.2) is 18.2 Å². The van der Waals surface area contributed by atoms with Gasteiger partial charge in [0, 0.05) is 12.8 Å². The Bertz CT molecular complexity index is 477. The first-order valence-corrected chi connectivity index (χ1v) is 6.79. The Kier molecular flexibility index (Phi) is 4.12. The maximum absolute atomic E-state index is 11.9. The Morgan fingerprint density at radius 1 is 1.42 bits per heavy atom. The summed E-state index contributed by atoms with van der Waals surface area (Å²) in [5, 5.41) is 9.81. The van der Waals surface area contributed by atoms with E-state index in [0.717, 1.165) is 16.6 Å². The standard InChI is InChI=1S/C15H21BO3/c1-15(2,3)9-13(17)8-7-11-5-4-6-12-10-19-16(18)14(11)12/h4-6,18H,7-10H2,1-3H3. The van der Waals surface area contributed by atoms with Crippen molar-refractivity contribution in [1.82, 2.24) is 0 Å². The van der Waals surface area contributed by atoms with Crippen molar-refractivity contribution in [3.05, 3.63) is 29.3 Å². The van der Waals surface area contributed by atoms with E-state index in [4.69, 9.17) is 4.65 Å². The Morgan fingerprint density at radius 3 is 2.84 bits per heavy atom. The molecule has 0 fully saturated rings. The van der Waals surface area contributed by atoms with Crippen molar-refractivity contribution in [2.75, 3.05) is 0 Å². The first-order valence-electron chi connectivity index (χ1n) is 6.79. The van der Waals surface area contributed by atoms with Gasteiger partial charge in [0.05, 0.1) is 6.61 Å². The van der Waals surface area contributed by atoms with Gasteiger partial charge in [0.25, 0.3) is 0 Å². The highest BCUT2D eigenvalue weighted by molar-refractivity contribution is 6.62. The third kappa shape index (κ3) is 3.67. The first kappa shape index (κ1) is 14.3. The number of hydrogen-bond acceptors (Lipinski definition) is 3. The molecule has 0 unspecified atom stereocenters. The second-order valence-corrected chi connectivity index (χ2v) is 6.43.